The van der Waals surface area contributed by atoms with Gasteiger partial charge in [0.2, 0.25) is 0 Å². The van der Waals surface area contributed by atoms with E-state index in [-0.39, 0.29) is 0 Å². The summed E-state index contributed by atoms with van der Waals surface area (Å²) in [6.07, 6.45) is 1.74. The average Bonchev–Trinajstić information content (AvgIpc) is 2.38. The predicted molar refractivity (Wildman–Crippen MR) is 73.7 cm³/mol. The summed E-state index contributed by atoms with van der Waals surface area (Å²) in [4.78, 5) is 8.56. The monoisotopic (exact) mass is 238 g/mol. The Labute approximate surface area is 106 Å². The van der Waals surface area contributed by atoms with Gasteiger partial charge in [0.25, 0.3) is 0 Å². The Bertz CT molecular complexity index is 597. The quantitative estimate of drug-likeness (QED) is 0.457. The lowest BCUT2D eigenvalue weighted by molar-refractivity contribution is 1.39. The molecule has 0 spiro atoms. The first-order valence-electron chi connectivity index (χ1n) is 5.09. The molecule has 0 heterocycles. The topological polar surface area (TPSA) is 16.7 Å². The molecule has 0 amide bonds. The minimum atomic E-state index is 0.619. The number of benzene rings is 2. The Morgan fingerprint density at radius 1 is 1.12 bits per heavy atom. The number of hydrogen-bond donors (Lipinski definition) is 1. The van der Waals surface area contributed by atoms with E-state index in [1.165, 1.54) is 0 Å². The Hall–Kier alpha value is -2.05. The first kappa shape index (κ1) is 11.4. The van der Waals surface area contributed by atoms with Crippen LogP contribution in [0.3, 0.4) is 0 Å². The molecule has 0 bridgehead atoms. The molecular weight excluding hydrogens is 228 g/mol. The van der Waals surface area contributed by atoms with E-state index in [9.17, 15) is 0 Å². The Morgan fingerprint density at radius 3 is 2.71 bits per heavy atom. The van der Waals surface area contributed by atoms with Gasteiger partial charge < -0.3 is 0 Å². The van der Waals surface area contributed by atoms with Crippen LogP contribution in [0.4, 0.5) is 11.4 Å². The second-order valence-electron chi connectivity index (χ2n) is 3.45. The molecule has 0 aliphatic carbocycles. The summed E-state index contributed by atoms with van der Waals surface area (Å²) in [5.41, 5.74) is 2.35. The van der Waals surface area contributed by atoms with Gasteiger partial charge in [-0.15, -0.1) is 12.6 Å². The van der Waals surface area contributed by atoms with Crippen LogP contribution in [0.5, 0.6) is 0 Å². The van der Waals surface area contributed by atoms with Gasteiger partial charge in [0.1, 0.15) is 0 Å². The number of thiol groups is 1. The average molecular weight is 238 g/mol. The second-order valence-corrected chi connectivity index (χ2v) is 3.94. The van der Waals surface area contributed by atoms with Gasteiger partial charge in [0.15, 0.2) is 5.69 Å². The molecular formula is C14H10N2S. The molecule has 82 valence electrons. The predicted octanol–water partition coefficient (Wildman–Crippen LogP) is 4.28. The Kier molecular flexibility index (Phi) is 3.59. The van der Waals surface area contributed by atoms with Gasteiger partial charge in [-0.1, -0.05) is 30.3 Å². The van der Waals surface area contributed by atoms with E-state index in [0.717, 1.165) is 16.1 Å². The number of nitrogens with zero attached hydrogens (tertiary/aromatic N) is 2. The number of para-hydroxylation sites is 1. The highest BCUT2D eigenvalue weighted by Gasteiger charge is 1.94. The maximum atomic E-state index is 6.94. The number of rotatable bonds is 2. The summed E-state index contributed by atoms with van der Waals surface area (Å²) in [5, 5.41) is 0. The number of aliphatic imine (C=N–C) groups is 1. The zero-order valence-electron chi connectivity index (χ0n) is 9.04. The maximum Gasteiger partial charge on any atom is 0.187 e. The van der Waals surface area contributed by atoms with Crippen molar-refractivity contribution in [3.8, 4) is 0 Å². The van der Waals surface area contributed by atoms with Gasteiger partial charge >= 0.3 is 0 Å². The van der Waals surface area contributed by atoms with E-state index >= 15 is 0 Å². The molecule has 0 radical (unpaired) electrons. The maximum absolute atomic E-state index is 6.94. The zero-order chi connectivity index (χ0) is 12.1. The van der Waals surface area contributed by atoms with Crippen LogP contribution < -0.4 is 0 Å². The van der Waals surface area contributed by atoms with E-state index in [2.05, 4.69) is 22.5 Å². The van der Waals surface area contributed by atoms with Gasteiger partial charge in [-0.05, 0) is 23.8 Å². The van der Waals surface area contributed by atoms with E-state index in [4.69, 9.17) is 6.57 Å². The zero-order valence-corrected chi connectivity index (χ0v) is 9.93. The molecule has 0 unspecified atom stereocenters. The highest BCUT2D eigenvalue weighted by atomic mass is 32.1. The van der Waals surface area contributed by atoms with E-state index in [1.807, 2.05) is 36.4 Å². The molecule has 17 heavy (non-hydrogen) atoms. The lowest BCUT2D eigenvalue weighted by Gasteiger charge is -1.98. The highest BCUT2D eigenvalue weighted by Crippen LogP contribution is 2.22. The van der Waals surface area contributed by atoms with Crippen LogP contribution in [0.15, 0.2) is 58.4 Å². The van der Waals surface area contributed by atoms with Crippen LogP contribution in [-0.4, -0.2) is 6.21 Å². The van der Waals surface area contributed by atoms with Crippen molar-refractivity contribution in [2.45, 2.75) is 4.90 Å². The number of hydrogen-bond acceptors (Lipinski definition) is 2. The van der Waals surface area contributed by atoms with Crippen LogP contribution in [0.1, 0.15) is 5.56 Å². The highest BCUT2D eigenvalue weighted by molar-refractivity contribution is 7.80. The van der Waals surface area contributed by atoms with Crippen LogP contribution in [0.25, 0.3) is 4.85 Å². The second kappa shape index (κ2) is 5.33. The Morgan fingerprint density at radius 2 is 1.94 bits per heavy atom. The third-order valence-corrected chi connectivity index (χ3v) is 2.61. The van der Waals surface area contributed by atoms with Crippen molar-refractivity contribution in [3.63, 3.8) is 0 Å². The van der Waals surface area contributed by atoms with Gasteiger partial charge in [-0.2, -0.15) is 0 Å². The fourth-order valence-corrected chi connectivity index (χ4v) is 1.61. The molecule has 2 aromatic rings. The molecule has 0 saturated heterocycles. The fourth-order valence-electron chi connectivity index (χ4n) is 1.39. The van der Waals surface area contributed by atoms with Crippen LogP contribution in [0.2, 0.25) is 0 Å². The summed E-state index contributed by atoms with van der Waals surface area (Å²) < 4.78 is 0. The van der Waals surface area contributed by atoms with Gasteiger partial charge in [-0.3, -0.25) is 4.99 Å². The lowest BCUT2D eigenvalue weighted by atomic mass is 10.2. The van der Waals surface area contributed by atoms with E-state index in [1.54, 1.807) is 18.3 Å². The van der Waals surface area contributed by atoms with Gasteiger partial charge in [0, 0.05) is 11.1 Å². The van der Waals surface area contributed by atoms with Crippen molar-refractivity contribution in [2.24, 2.45) is 4.99 Å². The van der Waals surface area contributed by atoms with Crippen molar-refractivity contribution in [2.75, 3.05) is 0 Å². The largest absolute Gasteiger partial charge is 0.255 e. The molecule has 2 rings (SSSR count). The molecule has 0 aromatic heterocycles. The van der Waals surface area contributed by atoms with Crippen molar-refractivity contribution in [1.29, 1.82) is 0 Å². The molecule has 0 fully saturated rings. The fraction of sp³-hybridized carbons (Fsp3) is 0. The van der Waals surface area contributed by atoms with Crippen molar-refractivity contribution >= 4 is 30.2 Å². The molecule has 3 heteroatoms. The van der Waals surface area contributed by atoms with Gasteiger partial charge in [-0.25, -0.2) is 4.85 Å². The van der Waals surface area contributed by atoms with Crippen LogP contribution in [0, 0.1) is 6.57 Å². The van der Waals surface area contributed by atoms with Gasteiger partial charge in [0.05, 0.1) is 12.3 Å². The summed E-state index contributed by atoms with van der Waals surface area (Å²) in [5.74, 6) is 0. The van der Waals surface area contributed by atoms with E-state index < -0.39 is 0 Å². The summed E-state index contributed by atoms with van der Waals surface area (Å²) in [6, 6.07) is 15.0. The third-order valence-electron chi connectivity index (χ3n) is 2.23. The SMILES string of the molecule is [C-]#[N+]c1cccc(C=Nc2ccccc2S)c1. The van der Waals surface area contributed by atoms with Crippen molar-refractivity contribution < 1.29 is 0 Å². The van der Waals surface area contributed by atoms with Crippen molar-refractivity contribution in [1.82, 2.24) is 0 Å². The molecule has 0 aliphatic heterocycles. The molecule has 0 N–H and O–H groups in total. The summed E-state index contributed by atoms with van der Waals surface area (Å²) in [7, 11) is 0. The minimum Gasteiger partial charge on any atom is -0.255 e. The minimum absolute atomic E-state index is 0.619. The molecule has 0 saturated carbocycles. The van der Waals surface area contributed by atoms with Crippen LogP contribution in [-0.2, 0) is 0 Å². The molecule has 0 aliphatic rings. The third kappa shape index (κ3) is 2.96. The standard InChI is InChI=1S/C14H10N2S/c1-15-12-6-4-5-11(9-12)10-16-13-7-2-3-8-14(13)17/h2-10,17H. The summed E-state index contributed by atoms with van der Waals surface area (Å²) >= 11 is 4.32. The molecule has 2 aromatic carbocycles. The first-order chi connectivity index (χ1) is 8.29. The summed E-state index contributed by atoms with van der Waals surface area (Å²) in [6.45, 7) is 6.94. The smallest absolute Gasteiger partial charge is 0.187 e. The molecule has 0 atom stereocenters. The first-order valence-corrected chi connectivity index (χ1v) is 5.54. The van der Waals surface area contributed by atoms with Crippen LogP contribution >= 0.6 is 12.6 Å². The normalized spacial score (nSPS) is 10.4. The van der Waals surface area contributed by atoms with E-state index in [0.29, 0.717) is 5.69 Å². The lowest BCUT2D eigenvalue weighted by Crippen LogP contribution is -1.79. The molecule has 2 nitrogen and oxygen atoms in total. The Balaban J connectivity index is 2.27. The van der Waals surface area contributed by atoms with Crippen molar-refractivity contribution in [3.05, 3.63) is 65.5 Å².